The van der Waals surface area contributed by atoms with Crippen molar-refractivity contribution in [2.45, 2.75) is 101 Å². The van der Waals surface area contributed by atoms with Gasteiger partial charge in [0.1, 0.15) is 35.6 Å². The van der Waals surface area contributed by atoms with E-state index >= 15 is 8.78 Å². The number of morpholine rings is 1. The minimum Gasteiger partial charge on any atom is -0.508 e. The van der Waals surface area contributed by atoms with Crippen molar-refractivity contribution in [1.29, 1.82) is 0 Å². The number of amides is 1. The van der Waals surface area contributed by atoms with Crippen LogP contribution in [-0.2, 0) is 16.1 Å². The Balaban J connectivity index is 1.10. The number of nitrogens with one attached hydrogen (secondary N) is 1. The van der Waals surface area contributed by atoms with Crippen LogP contribution < -0.4 is 10.1 Å². The van der Waals surface area contributed by atoms with Gasteiger partial charge in [0.25, 0.3) is 0 Å². The Hall–Kier alpha value is -4.81. The smallest absolute Gasteiger partial charge is 0.317 e. The van der Waals surface area contributed by atoms with Crippen LogP contribution in [0.4, 0.5) is 13.2 Å². The highest BCUT2D eigenvalue weighted by molar-refractivity contribution is 6.02. The van der Waals surface area contributed by atoms with E-state index < -0.39 is 23.3 Å². The summed E-state index contributed by atoms with van der Waals surface area (Å²) in [5, 5.41) is 15.0. The first-order valence-electron chi connectivity index (χ1n) is 20.8. The third-order valence-electron chi connectivity index (χ3n) is 13.0. The van der Waals surface area contributed by atoms with Crippen molar-refractivity contribution in [2.75, 3.05) is 46.0 Å². The van der Waals surface area contributed by atoms with Gasteiger partial charge in [-0.2, -0.15) is 9.97 Å². The number of aromatic nitrogens is 3. The van der Waals surface area contributed by atoms with Crippen molar-refractivity contribution in [3.8, 4) is 35.4 Å². The number of benzene rings is 2. The van der Waals surface area contributed by atoms with Crippen molar-refractivity contribution in [1.82, 2.24) is 35.0 Å². The van der Waals surface area contributed by atoms with E-state index in [9.17, 15) is 14.3 Å². The fraction of sp³-hybridized carbons (Fsp3) is 0.511. The number of pyridine rings is 1. The Morgan fingerprint density at radius 1 is 1.17 bits per heavy atom. The zero-order valence-electron chi connectivity index (χ0n) is 33.7. The third kappa shape index (κ3) is 8.10. The van der Waals surface area contributed by atoms with E-state index in [2.05, 4.69) is 44.5 Å². The van der Waals surface area contributed by atoms with Crippen LogP contribution in [0.25, 0.3) is 32.9 Å². The summed E-state index contributed by atoms with van der Waals surface area (Å²) in [5.74, 6) is 0.557. The van der Waals surface area contributed by atoms with Crippen LogP contribution >= 0.6 is 0 Å². The number of hydrogen-bond acceptors (Lipinski definition) is 10. The molecule has 312 valence electrons. The zero-order valence-corrected chi connectivity index (χ0v) is 33.7. The van der Waals surface area contributed by atoms with Crippen LogP contribution in [0.5, 0.6) is 11.8 Å². The second-order valence-corrected chi connectivity index (χ2v) is 16.8. The van der Waals surface area contributed by atoms with E-state index in [-0.39, 0.29) is 77.0 Å². The van der Waals surface area contributed by atoms with Gasteiger partial charge in [0.2, 0.25) is 5.91 Å². The van der Waals surface area contributed by atoms with Crippen molar-refractivity contribution < 1.29 is 32.5 Å². The molecule has 3 aliphatic heterocycles. The van der Waals surface area contributed by atoms with Gasteiger partial charge in [-0.15, -0.1) is 6.42 Å². The Morgan fingerprint density at radius 2 is 1.97 bits per heavy atom. The number of alkyl halides is 1. The molecule has 0 spiro atoms. The number of carbonyl (C=O) groups is 1. The maximum absolute atomic E-state index is 17.0. The lowest BCUT2D eigenvalue weighted by Crippen LogP contribution is -2.55. The maximum atomic E-state index is 17.0. The monoisotopic (exact) mass is 811 g/mol. The molecule has 11 nitrogen and oxygen atoms in total. The molecule has 3 saturated heterocycles. The van der Waals surface area contributed by atoms with Crippen LogP contribution in [0.2, 0.25) is 0 Å². The Bertz CT molecular complexity index is 2280. The highest BCUT2D eigenvalue weighted by Crippen LogP contribution is 2.40. The largest absolute Gasteiger partial charge is 0.508 e. The average molecular weight is 812 g/mol. The van der Waals surface area contributed by atoms with Crippen LogP contribution in [0.15, 0.2) is 43.1 Å². The van der Waals surface area contributed by atoms with Gasteiger partial charge in [-0.1, -0.05) is 18.6 Å². The fourth-order valence-corrected chi connectivity index (χ4v) is 10.1. The molecule has 4 atom stereocenters. The summed E-state index contributed by atoms with van der Waals surface area (Å²) >= 11 is 0. The highest BCUT2D eigenvalue weighted by Gasteiger charge is 2.47. The van der Waals surface area contributed by atoms with Gasteiger partial charge >= 0.3 is 6.01 Å². The summed E-state index contributed by atoms with van der Waals surface area (Å²) in [5.41, 5.74) is -0.529. The van der Waals surface area contributed by atoms with Crippen molar-refractivity contribution >= 4 is 27.6 Å². The number of halogens is 3. The van der Waals surface area contributed by atoms with E-state index in [0.717, 1.165) is 58.3 Å². The molecular formula is C45H52F3N7O4. The minimum absolute atomic E-state index is 0.0511. The Kier molecular flexibility index (Phi) is 11.8. The van der Waals surface area contributed by atoms with Crippen LogP contribution in [-0.4, -0.2) is 123 Å². The molecule has 2 aromatic carbocycles. The minimum atomic E-state index is -1.03. The van der Waals surface area contributed by atoms with E-state index in [0.29, 0.717) is 48.2 Å². The number of carbonyl (C=O) groups excluding carboxylic acids is 1. The average Bonchev–Trinajstić information content (AvgIpc) is 3.83. The topological polar surface area (TPSA) is 116 Å². The molecule has 2 aromatic heterocycles. The molecule has 14 heteroatoms. The lowest BCUT2D eigenvalue weighted by atomic mass is 9.86. The number of likely N-dealkylation sites (tertiary alicyclic amines) is 2. The normalized spacial score (nSPS) is 26.7. The summed E-state index contributed by atoms with van der Waals surface area (Å²) in [6.07, 6.45) is 13.4. The number of hydrogen-bond donors (Lipinski definition) is 2. The van der Waals surface area contributed by atoms with Crippen LogP contribution in [0.1, 0.15) is 70.1 Å². The number of phenols is 1. The molecule has 59 heavy (non-hydrogen) atoms. The van der Waals surface area contributed by atoms with Gasteiger partial charge in [0, 0.05) is 85.8 Å². The molecular weight excluding hydrogens is 760 g/mol. The van der Waals surface area contributed by atoms with Crippen molar-refractivity contribution in [3.05, 3.63) is 66.0 Å². The molecule has 4 aliphatic rings. The van der Waals surface area contributed by atoms with Gasteiger partial charge < -0.3 is 24.8 Å². The van der Waals surface area contributed by atoms with Gasteiger partial charge in [0.15, 0.2) is 5.82 Å². The van der Waals surface area contributed by atoms with E-state index in [1.54, 1.807) is 4.90 Å². The lowest BCUT2D eigenvalue weighted by molar-refractivity contribution is -0.126. The van der Waals surface area contributed by atoms with E-state index in [1.807, 2.05) is 6.92 Å². The quantitative estimate of drug-likeness (QED) is 0.132. The highest BCUT2D eigenvalue weighted by atomic mass is 19.1. The molecule has 8 rings (SSSR count). The second-order valence-electron chi connectivity index (χ2n) is 16.8. The molecule has 0 bridgehead atoms. The van der Waals surface area contributed by atoms with Gasteiger partial charge in [0.05, 0.1) is 30.0 Å². The molecule has 1 amide bonds. The number of rotatable bonds is 11. The third-order valence-corrected chi connectivity index (χ3v) is 13.0. The molecule has 1 aliphatic carbocycles. The van der Waals surface area contributed by atoms with Gasteiger partial charge in [-0.05, 0) is 82.0 Å². The first-order valence-corrected chi connectivity index (χ1v) is 20.8. The predicted molar refractivity (Wildman–Crippen MR) is 220 cm³/mol. The standard InChI is InChI=1S/C45H52F3N7O4/c1-5-34-37(47)14-9-28-18-33(56)19-35(40(28)34)42-41(48)43-36(22-50-42)38(23-49-21-32-8-7-15-54(32)39(57)6-2)51-44(52-43)59-26-45(4)20-29(46)24-55(45)31-12-10-30(11-13-31)53-16-17-58-25-27(53)3/h1,6,9,14,18-19,22,27,29-32,49,56H,2,7-8,10-13,15-17,20-21,23-26H2,3-4H3/t27-,29-,30?,31?,32-,45-/m0/s1. The summed E-state index contributed by atoms with van der Waals surface area (Å²) in [7, 11) is 0. The van der Waals surface area contributed by atoms with E-state index in [4.69, 9.17) is 20.9 Å². The van der Waals surface area contributed by atoms with Gasteiger partial charge in [-0.3, -0.25) is 19.6 Å². The number of aromatic hydroxyl groups is 1. The number of terminal acetylenes is 1. The number of phenolic OH excluding ortho intramolecular Hbond substituents is 1. The zero-order chi connectivity index (χ0) is 41.4. The second kappa shape index (κ2) is 17.0. The summed E-state index contributed by atoms with van der Waals surface area (Å²) in [6, 6.07) is 6.32. The number of ether oxygens (including phenoxy) is 2. The number of fused-ring (bicyclic) bond motifs is 2. The van der Waals surface area contributed by atoms with Crippen LogP contribution in [0, 0.1) is 24.0 Å². The van der Waals surface area contributed by atoms with Gasteiger partial charge in [-0.25, -0.2) is 13.2 Å². The molecule has 4 aromatic rings. The number of nitrogens with zero attached hydrogens (tertiary/aromatic N) is 6. The fourth-order valence-electron chi connectivity index (χ4n) is 10.1. The molecule has 1 saturated carbocycles. The SMILES string of the molecule is C#Cc1c(F)ccc2cc(O)cc(-c3ncc4c(CNC[C@@H]5CCCN5C(=O)C=C)nc(OC[C@]5(C)C[C@H](F)CN5C5CCC(N6CCOC[C@@H]6C)CC5)nc4c3F)c12. The molecule has 2 N–H and O–H groups in total. The predicted octanol–water partition coefficient (Wildman–Crippen LogP) is 6.29. The summed E-state index contributed by atoms with van der Waals surface area (Å²) in [6.45, 7) is 12.0. The Labute approximate surface area is 343 Å². The summed E-state index contributed by atoms with van der Waals surface area (Å²) in [4.78, 5) is 32.9. The first-order chi connectivity index (χ1) is 28.5. The van der Waals surface area contributed by atoms with Crippen molar-refractivity contribution in [2.24, 2.45) is 0 Å². The van der Waals surface area contributed by atoms with Crippen LogP contribution in [0.3, 0.4) is 0 Å². The first kappa shape index (κ1) is 40.9. The maximum Gasteiger partial charge on any atom is 0.317 e. The molecule has 0 unspecified atom stereocenters. The van der Waals surface area contributed by atoms with Crippen molar-refractivity contribution in [3.63, 3.8) is 0 Å². The lowest BCUT2D eigenvalue weighted by Gasteiger charge is -2.46. The van der Waals surface area contributed by atoms with E-state index in [1.165, 1.54) is 36.5 Å². The molecule has 5 heterocycles. The molecule has 0 radical (unpaired) electrons. The molecule has 4 fully saturated rings. The Morgan fingerprint density at radius 3 is 2.73 bits per heavy atom. The summed E-state index contributed by atoms with van der Waals surface area (Å²) < 4.78 is 59.5.